The van der Waals surface area contributed by atoms with E-state index in [-0.39, 0.29) is 0 Å². The number of aliphatic imine (C=N–C) groups is 1. The lowest BCUT2D eigenvalue weighted by molar-refractivity contribution is -0.125. The van der Waals surface area contributed by atoms with Gasteiger partial charge in [0.05, 0.1) is 18.8 Å². The van der Waals surface area contributed by atoms with E-state index >= 15 is 0 Å². The van der Waals surface area contributed by atoms with E-state index in [0.29, 0.717) is 29.7 Å². The molecule has 0 amide bonds. The van der Waals surface area contributed by atoms with Crippen LogP contribution in [0.1, 0.15) is 65.7 Å². The molecule has 0 bridgehead atoms. The Kier molecular flexibility index (Phi) is 8.01. The number of nitrogens with one attached hydrogen (secondary N) is 2. The molecule has 1 saturated heterocycles. The highest BCUT2D eigenvalue weighted by Gasteiger charge is 2.57. The fourth-order valence-electron chi connectivity index (χ4n) is 5.34. The average molecular weight is 395 g/mol. The molecule has 6 heteroatoms. The maximum atomic E-state index is 6.05. The van der Waals surface area contributed by atoms with Crippen molar-refractivity contribution < 1.29 is 9.47 Å². The Hall–Kier alpha value is -0.850. The van der Waals surface area contributed by atoms with E-state index in [1.54, 1.807) is 0 Å². The fourth-order valence-corrected chi connectivity index (χ4v) is 5.34. The highest BCUT2D eigenvalue weighted by molar-refractivity contribution is 5.80. The largest absolute Gasteiger partial charge is 0.378 e. The monoisotopic (exact) mass is 394 g/mol. The summed E-state index contributed by atoms with van der Waals surface area (Å²) in [6, 6.07) is 1.02. The predicted molar refractivity (Wildman–Crippen MR) is 115 cm³/mol. The first-order chi connectivity index (χ1) is 13.6. The zero-order chi connectivity index (χ0) is 20.0. The van der Waals surface area contributed by atoms with Crippen molar-refractivity contribution in [2.24, 2.45) is 10.4 Å². The van der Waals surface area contributed by atoms with Gasteiger partial charge in [-0.3, -0.25) is 4.99 Å². The highest BCUT2D eigenvalue weighted by Crippen LogP contribution is 2.54. The van der Waals surface area contributed by atoms with Gasteiger partial charge < -0.3 is 25.0 Å². The van der Waals surface area contributed by atoms with Crippen LogP contribution in [0.2, 0.25) is 0 Å². The summed E-state index contributed by atoms with van der Waals surface area (Å²) in [5.74, 6) is 0.979. The molecule has 2 atom stereocenters. The molecule has 2 unspecified atom stereocenters. The zero-order valence-electron chi connectivity index (χ0n) is 18.5. The maximum absolute atomic E-state index is 6.05. The van der Waals surface area contributed by atoms with E-state index in [1.165, 1.54) is 38.5 Å². The molecule has 2 saturated carbocycles. The van der Waals surface area contributed by atoms with Gasteiger partial charge in [-0.1, -0.05) is 12.8 Å². The second-order valence-corrected chi connectivity index (χ2v) is 9.07. The van der Waals surface area contributed by atoms with Gasteiger partial charge in [-0.2, -0.15) is 0 Å². The Bertz CT molecular complexity index is 497. The summed E-state index contributed by atoms with van der Waals surface area (Å²) < 4.78 is 11.7. The molecule has 162 valence electrons. The topological polar surface area (TPSA) is 58.1 Å². The Labute approximate surface area is 171 Å². The summed E-state index contributed by atoms with van der Waals surface area (Å²) >= 11 is 0. The van der Waals surface area contributed by atoms with E-state index in [9.17, 15) is 0 Å². The average Bonchev–Trinajstić information content (AvgIpc) is 3.20. The van der Waals surface area contributed by atoms with Crippen molar-refractivity contribution >= 4 is 5.96 Å². The number of piperidine rings is 1. The molecule has 2 aliphatic carbocycles. The Morgan fingerprint density at radius 3 is 2.50 bits per heavy atom. The summed E-state index contributed by atoms with van der Waals surface area (Å²) in [6.45, 7) is 11.3. The summed E-state index contributed by atoms with van der Waals surface area (Å²) in [4.78, 5) is 7.05. The second kappa shape index (κ2) is 10.3. The Morgan fingerprint density at radius 2 is 1.89 bits per heavy atom. The van der Waals surface area contributed by atoms with Gasteiger partial charge in [0, 0.05) is 50.8 Å². The van der Waals surface area contributed by atoms with Crippen LogP contribution >= 0.6 is 0 Å². The van der Waals surface area contributed by atoms with Gasteiger partial charge >= 0.3 is 0 Å². The number of rotatable bonds is 8. The van der Waals surface area contributed by atoms with Crippen LogP contribution in [0, 0.1) is 5.41 Å². The molecule has 0 aromatic heterocycles. The maximum Gasteiger partial charge on any atom is 0.191 e. The zero-order valence-corrected chi connectivity index (χ0v) is 18.5. The fraction of sp³-hybridized carbons (Fsp3) is 0.955. The lowest BCUT2D eigenvalue weighted by atomic mass is 9.60. The molecule has 0 aromatic rings. The molecular formula is C22H42N4O2. The van der Waals surface area contributed by atoms with Crippen LogP contribution in [0.15, 0.2) is 4.99 Å². The van der Waals surface area contributed by atoms with Crippen molar-refractivity contribution in [1.82, 2.24) is 15.5 Å². The number of hydrogen-bond donors (Lipinski definition) is 2. The molecule has 0 aromatic carbocycles. The molecule has 2 N–H and O–H groups in total. The smallest absolute Gasteiger partial charge is 0.191 e. The number of guanidine groups is 1. The number of nitrogens with zero attached hydrogens (tertiary/aromatic N) is 2. The van der Waals surface area contributed by atoms with E-state index in [0.717, 1.165) is 45.2 Å². The Balaban J connectivity index is 1.42. The van der Waals surface area contributed by atoms with Crippen LogP contribution in [0.3, 0.4) is 0 Å². The molecule has 1 spiro atoms. The van der Waals surface area contributed by atoms with Gasteiger partial charge in [-0.25, -0.2) is 0 Å². The lowest BCUT2D eigenvalue weighted by Gasteiger charge is -2.54. The number of likely N-dealkylation sites (tertiary alicyclic amines) is 1. The minimum atomic E-state index is 0.325. The summed E-state index contributed by atoms with van der Waals surface area (Å²) in [5.41, 5.74) is 0.341. The highest BCUT2D eigenvalue weighted by atomic mass is 16.5. The summed E-state index contributed by atoms with van der Waals surface area (Å²) in [7, 11) is 1.90. The lowest BCUT2D eigenvalue weighted by Crippen LogP contribution is -2.65. The van der Waals surface area contributed by atoms with E-state index in [4.69, 9.17) is 9.47 Å². The van der Waals surface area contributed by atoms with Crippen molar-refractivity contribution in [2.75, 3.05) is 39.9 Å². The normalized spacial score (nSPS) is 28.7. The standard InChI is InChI=1S/C22H42N4O2/c1-5-27-20-16-19(22(20)10-6-7-11-22)25-21(23-4)24-18-8-12-26(13-9-18)14-15-28-17(2)3/h17-20H,5-16H2,1-4H3,(H2,23,24,25). The van der Waals surface area contributed by atoms with Gasteiger partial charge in [0.15, 0.2) is 5.96 Å². The number of ether oxygens (including phenoxy) is 2. The molecule has 28 heavy (non-hydrogen) atoms. The molecule has 6 nitrogen and oxygen atoms in total. The van der Waals surface area contributed by atoms with Crippen molar-refractivity contribution in [3.8, 4) is 0 Å². The summed E-state index contributed by atoms with van der Waals surface area (Å²) in [6.07, 6.45) is 9.48. The van der Waals surface area contributed by atoms with Crippen LogP contribution in [0.5, 0.6) is 0 Å². The van der Waals surface area contributed by atoms with Gasteiger partial charge in [-0.15, -0.1) is 0 Å². The molecule has 1 heterocycles. The quantitative estimate of drug-likeness (QED) is 0.490. The first-order valence-corrected chi connectivity index (χ1v) is 11.5. The third-order valence-corrected chi connectivity index (χ3v) is 7.01. The van der Waals surface area contributed by atoms with E-state index in [1.807, 2.05) is 7.05 Å². The van der Waals surface area contributed by atoms with Crippen molar-refractivity contribution in [2.45, 2.75) is 90.0 Å². The summed E-state index contributed by atoms with van der Waals surface area (Å²) in [5, 5.41) is 7.45. The third-order valence-electron chi connectivity index (χ3n) is 7.01. The van der Waals surface area contributed by atoms with Gasteiger partial charge in [0.25, 0.3) is 0 Å². The molecule has 3 fully saturated rings. The van der Waals surface area contributed by atoms with Gasteiger partial charge in [-0.05, 0) is 52.9 Å². The number of hydrogen-bond acceptors (Lipinski definition) is 4. The van der Waals surface area contributed by atoms with Crippen LogP contribution in [0.25, 0.3) is 0 Å². The second-order valence-electron chi connectivity index (χ2n) is 9.07. The van der Waals surface area contributed by atoms with Crippen LogP contribution in [0.4, 0.5) is 0 Å². The van der Waals surface area contributed by atoms with Crippen molar-refractivity contribution in [1.29, 1.82) is 0 Å². The Morgan fingerprint density at radius 1 is 1.18 bits per heavy atom. The predicted octanol–water partition coefficient (Wildman–Crippen LogP) is 2.78. The molecule has 0 radical (unpaired) electrons. The molecule has 1 aliphatic heterocycles. The minimum Gasteiger partial charge on any atom is -0.378 e. The molecular weight excluding hydrogens is 352 g/mol. The van der Waals surface area contributed by atoms with Gasteiger partial charge in [0.2, 0.25) is 0 Å². The van der Waals surface area contributed by atoms with Crippen LogP contribution in [-0.4, -0.2) is 75.0 Å². The van der Waals surface area contributed by atoms with E-state index < -0.39 is 0 Å². The molecule has 3 rings (SSSR count). The SMILES string of the molecule is CCOC1CC(NC(=NC)NC2CCN(CCOC(C)C)CC2)C12CCCC2. The van der Waals surface area contributed by atoms with E-state index in [2.05, 4.69) is 41.3 Å². The third kappa shape index (κ3) is 5.19. The van der Waals surface area contributed by atoms with Crippen molar-refractivity contribution in [3.63, 3.8) is 0 Å². The van der Waals surface area contributed by atoms with Crippen molar-refractivity contribution in [3.05, 3.63) is 0 Å². The first-order valence-electron chi connectivity index (χ1n) is 11.5. The minimum absolute atomic E-state index is 0.325. The van der Waals surface area contributed by atoms with Crippen LogP contribution < -0.4 is 10.6 Å². The van der Waals surface area contributed by atoms with Gasteiger partial charge in [0.1, 0.15) is 0 Å². The first kappa shape index (κ1) is 21.8. The van der Waals surface area contributed by atoms with Crippen LogP contribution in [-0.2, 0) is 9.47 Å². The molecule has 3 aliphatic rings.